The number of halogens is 1. The molecule has 0 saturated heterocycles. The molecule has 0 spiro atoms. The van der Waals surface area contributed by atoms with Crippen molar-refractivity contribution >= 4 is 29.6 Å². The van der Waals surface area contributed by atoms with E-state index in [0.717, 1.165) is 6.42 Å². The van der Waals surface area contributed by atoms with Crippen LogP contribution in [-0.4, -0.2) is 4.99 Å². The van der Waals surface area contributed by atoms with Gasteiger partial charge in [-0.3, -0.25) is 0 Å². The van der Waals surface area contributed by atoms with Gasteiger partial charge in [0, 0.05) is 5.92 Å². The molecular formula is C10H14ClNS. The summed E-state index contributed by atoms with van der Waals surface area (Å²) in [6.07, 6.45) is 0.941. The lowest BCUT2D eigenvalue weighted by molar-refractivity contribution is 0.771. The average Bonchev–Trinajstić information content (AvgIpc) is 2.06. The van der Waals surface area contributed by atoms with Crippen molar-refractivity contribution in [2.45, 2.75) is 13.3 Å². The van der Waals surface area contributed by atoms with Crippen molar-refractivity contribution in [1.82, 2.24) is 0 Å². The molecule has 0 unspecified atom stereocenters. The first-order chi connectivity index (χ1) is 5.70. The molecule has 1 aromatic carbocycles. The van der Waals surface area contributed by atoms with Crippen molar-refractivity contribution in [3.05, 3.63) is 35.9 Å². The number of thiocarbonyl (C=S) groups is 1. The van der Waals surface area contributed by atoms with E-state index in [1.54, 1.807) is 0 Å². The number of hydrogen-bond donors (Lipinski definition) is 1. The number of hydrogen-bond acceptors (Lipinski definition) is 1. The molecule has 72 valence electrons. The van der Waals surface area contributed by atoms with E-state index in [9.17, 15) is 0 Å². The summed E-state index contributed by atoms with van der Waals surface area (Å²) in [5, 5.41) is 0. The molecule has 0 aromatic heterocycles. The van der Waals surface area contributed by atoms with E-state index >= 15 is 0 Å². The number of benzene rings is 1. The Morgan fingerprint density at radius 1 is 1.38 bits per heavy atom. The molecule has 0 amide bonds. The SMILES string of the molecule is C[C@@H](Cc1ccccc1)C(N)=S.Cl. The largest absolute Gasteiger partial charge is 0.393 e. The van der Waals surface area contributed by atoms with Gasteiger partial charge >= 0.3 is 0 Å². The minimum Gasteiger partial charge on any atom is -0.393 e. The number of nitrogens with two attached hydrogens (primary N) is 1. The van der Waals surface area contributed by atoms with Crippen LogP contribution in [0.3, 0.4) is 0 Å². The summed E-state index contributed by atoms with van der Waals surface area (Å²) in [6.45, 7) is 2.05. The van der Waals surface area contributed by atoms with Gasteiger partial charge in [0.05, 0.1) is 4.99 Å². The zero-order valence-electron chi connectivity index (χ0n) is 7.57. The topological polar surface area (TPSA) is 26.0 Å². The molecule has 1 nitrogen and oxygen atoms in total. The number of rotatable bonds is 3. The van der Waals surface area contributed by atoms with E-state index in [4.69, 9.17) is 18.0 Å². The second-order valence-corrected chi connectivity index (χ2v) is 3.46. The van der Waals surface area contributed by atoms with E-state index in [1.807, 2.05) is 18.2 Å². The van der Waals surface area contributed by atoms with Crippen LogP contribution < -0.4 is 5.73 Å². The van der Waals surface area contributed by atoms with Crippen molar-refractivity contribution < 1.29 is 0 Å². The second kappa shape index (κ2) is 5.95. The molecule has 1 aromatic rings. The summed E-state index contributed by atoms with van der Waals surface area (Å²) in [5.41, 5.74) is 6.80. The van der Waals surface area contributed by atoms with Gasteiger partial charge < -0.3 is 5.73 Å². The lowest BCUT2D eigenvalue weighted by Crippen LogP contribution is -2.20. The highest BCUT2D eigenvalue weighted by atomic mass is 35.5. The quantitative estimate of drug-likeness (QED) is 0.785. The van der Waals surface area contributed by atoms with Gasteiger partial charge in [0.2, 0.25) is 0 Å². The smallest absolute Gasteiger partial charge is 0.0759 e. The third kappa shape index (κ3) is 4.25. The molecule has 2 N–H and O–H groups in total. The zero-order valence-corrected chi connectivity index (χ0v) is 9.20. The van der Waals surface area contributed by atoms with Crippen LogP contribution in [-0.2, 0) is 6.42 Å². The van der Waals surface area contributed by atoms with E-state index < -0.39 is 0 Å². The van der Waals surface area contributed by atoms with Gasteiger partial charge in [-0.15, -0.1) is 12.4 Å². The van der Waals surface area contributed by atoms with E-state index in [-0.39, 0.29) is 12.4 Å². The Morgan fingerprint density at radius 3 is 2.38 bits per heavy atom. The molecule has 3 heteroatoms. The normalized spacial score (nSPS) is 11.5. The zero-order chi connectivity index (χ0) is 8.97. The van der Waals surface area contributed by atoms with Crippen LogP contribution in [0.2, 0.25) is 0 Å². The van der Waals surface area contributed by atoms with Crippen LogP contribution in [0, 0.1) is 5.92 Å². The fraction of sp³-hybridized carbons (Fsp3) is 0.300. The van der Waals surface area contributed by atoms with Crippen molar-refractivity contribution in [2.75, 3.05) is 0 Å². The Bertz CT molecular complexity index is 261. The predicted molar refractivity (Wildman–Crippen MR) is 63.3 cm³/mol. The third-order valence-electron chi connectivity index (χ3n) is 1.87. The molecule has 0 saturated carbocycles. The molecule has 0 bridgehead atoms. The second-order valence-electron chi connectivity index (χ2n) is 2.99. The fourth-order valence-corrected chi connectivity index (χ4v) is 1.15. The lowest BCUT2D eigenvalue weighted by atomic mass is 10.0. The summed E-state index contributed by atoms with van der Waals surface area (Å²) in [6, 6.07) is 10.3. The molecular weight excluding hydrogens is 202 g/mol. The summed E-state index contributed by atoms with van der Waals surface area (Å²) >= 11 is 4.90. The summed E-state index contributed by atoms with van der Waals surface area (Å²) < 4.78 is 0. The van der Waals surface area contributed by atoms with E-state index in [0.29, 0.717) is 10.9 Å². The Labute approximate surface area is 90.7 Å². The van der Waals surface area contributed by atoms with Crippen LogP contribution in [0.4, 0.5) is 0 Å². The highest BCUT2D eigenvalue weighted by Crippen LogP contribution is 2.07. The van der Waals surface area contributed by atoms with Gasteiger partial charge in [-0.25, -0.2) is 0 Å². The third-order valence-corrected chi connectivity index (χ3v) is 2.27. The van der Waals surface area contributed by atoms with E-state index in [1.165, 1.54) is 5.56 Å². The molecule has 0 fully saturated rings. The van der Waals surface area contributed by atoms with Crippen molar-refractivity contribution in [3.8, 4) is 0 Å². The maximum absolute atomic E-state index is 5.52. The van der Waals surface area contributed by atoms with E-state index in [2.05, 4.69) is 19.1 Å². The molecule has 0 radical (unpaired) electrons. The Kier molecular flexibility index (Phi) is 5.67. The fourth-order valence-electron chi connectivity index (χ4n) is 1.07. The standard InChI is InChI=1S/C10H13NS.ClH/c1-8(10(11)12)7-9-5-3-2-4-6-9;/h2-6,8H,7H2,1H3,(H2,11,12);1H/t8-;/m0./s1. The highest BCUT2D eigenvalue weighted by molar-refractivity contribution is 7.80. The average molecular weight is 216 g/mol. The van der Waals surface area contributed by atoms with Gasteiger partial charge in [0.1, 0.15) is 0 Å². The maximum Gasteiger partial charge on any atom is 0.0759 e. The van der Waals surface area contributed by atoms with Crippen LogP contribution in [0.1, 0.15) is 12.5 Å². The van der Waals surface area contributed by atoms with Gasteiger partial charge in [0.15, 0.2) is 0 Å². The van der Waals surface area contributed by atoms with Crippen molar-refractivity contribution in [3.63, 3.8) is 0 Å². The minimum atomic E-state index is 0. The van der Waals surface area contributed by atoms with Gasteiger partial charge in [-0.1, -0.05) is 49.5 Å². The first-order valence-electron chi connectivity index (χ1n) is 4.03. The van der Waals surface area contributed by atoms with Crippen LogP contribution >= 0.6 is 24.6 Å². The Balaban J connectivity index is 0.00000144. The highest BCUT2D eigenvalue weighted by Gasteiger charge is 2.04. The van der Waals surface area contributed by atoms with Crippen LogP contribution in [0.25, 0.3) is 0 Å². The molecule has 1 atom stereocenters. The van der Waals surface area contributed by atoms with Crippen LogP contribution in [0.5, 0.6) is 0 Å². The van der Waals surface area contributed by atoms with Gasteiger partial charge in [-0.2, -0.15) is 0 Å². The monoisotopic (exact) mass is 215 g/mol. The molecule has 1 rings (SSSR count). The van der Waals surface area contributed by atoms with Gasteiger partial charge in [-0.05, 0) is 12.0 Å². The molecule has 0 aliphatic carbocycles. The molecule has 0 aliphatic heterocycles. The minimum absolute atomic E-state index is 0. The lowest BCUT2D eigenvalue weighted by Gasteiger charge is -2.08. The summed E-state index contributed by atoms with van der Waals surface area (Å²) in [7, 11) is 0. The Morgan fingerprint density at radius 2 is 1.92 bits per heavy atom. The molecule has 13 heavy (non-hydrogen) atoms. The molecule has 0 aliphatic rings. The summed E-state index contributed by atoms with van der Waals surface area (Å²) in [4.78, 5) is 0.596. The van der Waals surface area contributed by atoms with Crippen molar-refractivity contribution in [1.29, 1.82) is 0 Å². The maximum atomic E-state index is 5.52. The van der Waals surface area contributed by atoms with Gasteiger partial charge in [0.25, 0.3) is 0 Å². The first-order valence-corrected chi connectivity index (χ1v) is 4.44. The summed E-state index contributed by atoms with van der Waals surface area (Å²) in [5.74, 6) is 0.294. The molecule has 0 heterocycles. The van der Waals surface area contributed by atoms with Crippen LogP contribution in [0.15, 0.2) is 30.3 Å². The predicted octanol–water partition coefficient (Wildman–Crippen LogP) is 2.57. The van der Waals surface area contributed by atoms with Crippen molar-refractivity contribution in [2.24, 2.45) is 11.7 Å². The Hall–Kier alpha value is -0.600. The first kappa shape index (κ1) is 12.4.